The first-order chi connectivity index (χ1) is 15.5. The van der Waals surface area contributed by atoms with Crippen LogP contribution >= 0.6 is 11.6 Å². The fraction of sp³-hybridized carbons (Fsp3) is 0.333. The third-order valence-corrected chi connectivity index (χ3v) is 6.72. The van der Waals surface area contributed by atoms with Crippen LogP contribution in [0.1, 0.15) is 29.8 Å². The number of likely N-dealkylation sites (tertiary alicyclic amines) is 1. The summed E-state index contributed by atoms with van der Waals surface area (Å²) < 4.78 is 13.8. The second-order valence-electron chi connectivity index (χ2n) is 8.51. The van der Waals surface area contributed by atoms with Crippen molar-refractivity contribution in [1.82, 2.24) is 19.8 Å². The molecule has 3 aromatic rings. The molecule has 2 N–H and O–H groups in total. The topological polar surface area (TPSA) is 64.3 Å². The maximum Gasteiger partial charge on any atom is 0.322 e. The molecule has 5 rings (SSSR count). The van der Waals surface area contributed by atoms with E-state index in [-0.39, 0.29) is 17.1 Å². The number of imidazole rings is 1. The standard InChI is InChI=1S/C24H25ClFN5O/c1-15-22(28-23(27-15)16-6-7-19(25)20(26)12-16)14-30-10-8-18(9-11-30)31-13-17-4-2-3-5-21(17)29-24(31)32/h2-7,12,18H,8-11,13-14H2,1H3,(H,27,28)(H,29,32). The predicted octanol–water partition coefficient (Wildman–Crippen LogP) is 5.19. The number of fused-ring (bicyclic) bond motifs is 1. The van der Waals surface area contributed by atoms with Crippen LogP contribution in [0.3, 0.4) is 0 Å². The Hall–Kier alpha value is -2.90. The quantitative estimate of drug-likeness (QED) is 0.571. The second kappa shape index (κ2) is 8.56. The number of aromatic nitrogens is 2. The van der Waals surface area contributed by atoms with Crippen molar-refractivity contribution in [3.8, 4) is 11.4 Å². The van der Waals surface area contributed by atoms with Crippen molar-refractivity contribution in [3.63, 3.8) is 0 Å². The molecule has 0 aliphatic carbocycles. The van der Waals surface area contributed by atoms with Crippen molar-refractivity contribution >= 4 is 23.3 Å². The van der Waals surface area contributed by atoms with Gasteiger partial charge in [-0.1, -0.05) is 29.8 Å². The number of amides is 2. The van der Waals surface area contributed by atoms with Crippen LogP contribution < -0.4 is 5.32 Å². The van der Waals surface area contributed by atoms with Gasteiger partial charge in [-0.15, -0.1) is 0 Å². The number of nitrogens with one attached hydrogen (secondary N) is 2. The lowest BCUT2D eigenvalue weighted by Crippen LogP contribution is -2.50. The van der Waals surface area contributed by atoms with E-state index in [0.29, 0.717) is 17.9 Å². The van der Waals surface area contributed by atoms with E-state index in [1.54, 1.807) is 12.1 Å². The Balaban J connectivity index is 1.22. The predicted molar refractivity (Wildman–Crippen MR) is 123 cm³/mol. The van der Waals surface area contributed by atoms with Crippen LogP contribution in [0.4, 0.5) is 14.9 Å². The number of piperidine rings is 1. The number of carbonyl (C=O) groups excluding carboxylic acids is 1. The van der Waals surface area contributed by atoms with Crippen LogP contribution in [0.5, 0.6) is 0 Å². The summed E-state index contributed by atoms with van der Waals surface area (Å²) >= 11 is 5.79. The summed E-state index contributed by atoms with van der Waals surface area (Å²) in [7, 11) is 0. The molecule has 1 aromatic heterocycles. The lowest BCUT2D eigenvalue weighted by molar-refractivity contribution is 0.117. The number of nitrogens with zero attached hydrogens (tertiary/aromatic N) is 3. The van der Waals surface area contributed by atoms with Gasteiger partial charge in [0.05, 0.1) is 10.7 Å². The summed E-state index contributed by atoms with van der Waals surface area (Å²) in [6.45, 7) is 5.16. The highest BCUT2D eigenvalue weighted by Crippen LogP contribution is 2.28. The van der Waals surface area contributed by atoms with E-state index in [9.17, 15) is 9.18 Å². The number of H-pyrrole nitrogens is 1. The van der Waals surface area contributed by atoms with Gasteiger partial charge < -0.3 is 15.2 Å². The fourth-order valence-corrected chi connectivity index (χ4v) is 4.67. The summed E-state index contributed by atoms with van der Waals surface area (Å²) in [5.74, 6) is 0.192. The average Bonchev–Trinajstić information content (AvgIpc) is 3.16. The highest BCUT2D eigenvalue weighted by Gasteiger charge is 2.31. The van der Waals surface area contributed by atoms with Gasteiger partial charge in [0.1, 0.15) is 11.6 Å². The number of aromatic amines is 1. The Bertz CT molecular complexity index is 1160. The lowest BCUT2D eigenvalue weighted by atomic mass is 10.0. The monoisotopic (exact) mass is 453 g/mol. The number of halogens is 2. The molecule has 0 atom stereocenters. The van der Waals surface area contributed by atoms with Gasteiger partial charge in [0, 0.05) is 49.2 Å². The third-order valence-electron chi connectivity index (χ3n) is 6.41. The molecule has 0 bridgehead atoms. The van der Waals surface area contributed by atoms with Crippen molar-refractivity contribution in [2.75, 3.05) is 18.4 Å². The van der Waals surface area contributed by atoms with Crippen molar-refractivity contribution < 1.29 is 9.18 Å². The smallest absolute Gasteiger partial charge is 0.322 e. The van der Waals surface area contributed by atoms with E-state index in [2.05, 4.69) is 21.3 Å². The molecular formula is C24H25ClFN5O. The Morgan fingerprint density at radius 1 is 1.19 bits per heavy atom. The van der Waals surface area contributed by atoms with Crippen molar-refractivity contribution in [2.45, 2.75) is 38.9 Å². The Morgan fingerprint density at radius 2 is 1.97 bits per heavy atom. The zero-order valence-corrected chi connectivity index (χ0v) is 18.6. The highest BCUT2D eigenvalue weighted by molar-refractivity contribution is 6.30. The first-order valence-electron chi connectivity index (χ1n) is 10.9. The summed E-state index contributed by atoms with van der Waals surface area (Å²) in [4.78, 5) is 24.9. The lowest BCUT2D eigenvalue weighted by Gasteiger charge is -2.40. The SMILES string of the molecule is Cc1[nH]c(-c2ccc(Cl)c(F)c2)nc1CN1CCC(N2Cc3ccccc3NC2=O)CC1. The van der Waals surface area contributed by atoms with Crippen LogP contribution in [-0.4, -0.2) is 44.9 Å². The number of hydrogen-bond acceptors (Lipinski definition) is 3. The first-order valence-corrected chi connectivity index (χ1v) is 11.2. The molecule has 0 spiro atoms. The largest absolute Gasteiger partial charge is 0.342 e. The summed E-state index contributed by atoms with van der Waals surface area (Å²) in [6, 6.07) is 12.9. The molecule has 6 nitrogen and oxygen atoms in total. The van der Waals surface area contributed by atoms with Gasteiger partial charge in [-0.05, 0) is 49.6 Å². The van der Waals surface area contributed by atoms with E-state index in [0.717, 1.165) is 55.1 Å². The van der Waals surface area contributed by atoms with Gasteiger partial charge in [-0.2, -0.15) is 0 Å². The van der Waals surface area contributed by atoms with Crippen LogP contribution in [0.25, 0.3) is 11.4 Å². The van der Waals surface area contributed by atoms with Gasteiger partial charge in [0.25, 0.3) is 0 Å². The molecule has 0 unspecified atom stereocenters. The molecule has 2 aromatic carbocycles. The average molecular weight is 454 g/mol. The number of hydrogen-bond donors (Lipinski definition) is 2. The van der Waals surface area contributed by atoms with Crippen molar-refractivity contribution in [2.24, 2.45) is 0 Å². The Morgan fingerprint density at radius 3 is 2.75 bits per heavy atom. The zero-order chi connectivity index (χ0) is 22.2. The normalized spacial score (nSPS) is 17.3. The van der Waals surface area contributed by atoms with Gasteiger partial charge >= 0.3 is 6.03 Å². The molecule has 32 heavy (non-hydrogen) atoms. The van der Waals surface area contributed by atoms with E-state index in [4.69, 9.17) is 16.6 Å². The number of anilines is 1. The minimum Gasteiger partial charge on any atom is -0.342 e. The van der Waals surface area contributed by atoms with E-state index < -0.39 is 5.82 Å². The van der Waals surface area contributed by atoms with E-state index >= 15 is 0 Å². The Labute approximate surface area is 191 Å². The molecule has 166 valence electrons. The molecule has 8 heteroatoms. The molecule has 0 saturated carbocycles. The third kappa shape index (κ3) is 4.10. The number of para-hydroxylation sites is 1. The fourth-order valence-electron chi connectivity index (χ4n) is 4.55. The van der Waals surface area contributed by atoms with Gasteiger partial charge in [0.2, 0.25) is 0 Å². The molecule has 2 aliphatic heterocycles. The molecule has 2 aliphatic rings. The maximum absolute atomic E-state index is 13.8. The number of aryl methyl sites for hydroxylation is 1. The first kappa shape index (κ1) is 21.0. The number of urea groups is 1. The van der Waals surface area contributed by atoms with Crippen molar-refractivity contribution in [3.05, 3.63) is 70.3 Å². The molecule has 0 radical (unpaired) electrons. The van der Waals surface area contributed by atoms with Crippen LogP contribution in [0.2, 0.25) is 5.02 Å². The summed E-state index contributed by atoms with van der Waals surface area (Å²) in [5, 5.41) is 3.12. The Kier molecular flexibility index (Phi) is 5.61. The summed E-state index contributed by atoms with van der Waals surface area (Å²) in [6.07, 6.45) is 1.85. The maximum atomic E-state index is 13.8. The van der Waals surface area contributed by atoms with E-state index in [1.165, 1.54) is 6.07 Å². The van der Waals surface area contributed by atoms with Crippen molar-refractivity contribution in [1.29, 1.82) is 0 Å². The number of benzene rings is 2. The van der Waals surface area contributed by atoms with Gasteiger partial charge in [0.15, 0.2) is 0 Å². The van der Waals surface area contributed by atoms with Crippen LogP contribution in [-0.2, 0) is 13.1 Å². The molecule has 1 saturated heterocycles. The van der Waals surface area contributed by atoms with Crippen LogP contribution in [0, 0.1) is 12.7 Å². The molecule has 2 amide bonds. The van der Waals surface area contributed by atoms with Gasteiger partial charge in [-0.25, -0.2) is 14.2 Å². The minimum absolute atomic E-state index is 0.00913. The summed E-state index contributed by atoms with van der Waals surface area (Å²) in [5.41, 5.74) is 4.68. The molecule has 1 fully saturated rings. The van der Waals surface area contributed by atoms with Gasteiger partial charge in [-0.3, -0.25) is 4.90 Å². The van der Waals surface area contributed by atoms with Crippen LogP contribution in [0.15, 0.2) is 42.5 Å². The number of rotatable bonds is 4. The minimum atomic E-state index is -0.453. The number of carbonyl (C=O) groups is 1. The zero-order valence-electron chi connectivity index (χ0n) is 17.9. The molecular weight excluding hydrogens is 429 g/mol. The highest BCUT2D eigenvalue weighted by atomic mass is 35.5. The second-order valence-corrected chi connectivity index (χ2v) is 8.92. The molecule has 3 heterocycles. The van der Waals surface area contributed by atoms with E-state index in [1.807, 2.05) is 30.0 Å².